The Morgan fingerprint density at radius 2 is 2.10 bits per heavy atom. The van der Waals surface area contributed by atoms with E-state index in [1.165, 1.54) is 0 Å². The molecule has 6 nitrogen and oxygen atoms in total. The van der Waals surface area contributed by atoms with E-state index in [1.54, 1.807) is 0 Å². The molecule has 1 atom stereocenters. The Kier molecular flexibility index (Phi) is 5.58. The summed E-state index contributed by atoms with van der Waals surface area (Å²) in [7, 11) is 0. The topological polar surface area (TPSA) is 78.9 Å². The van der Waals surface area contributed by atoms with Gasteiger partial charge in [0.25, 0.3) is 0 Å². The number of carbonyl (C=O) groups excluding carboxylic acids is 1. The monoisotopic (exact) mass is 298 g/mol. The van der Waals surface area contributed by atoms with Crippen LogP contribution in [-0.4, -0.2) is 60.8 Å². The smallest absolute Gasteiger partial charge is 0.306 e. The molecule has 0 bridgehead atoms. The maximum Gasteiger partial charge on any atom is 0.306 e. The lowest BCUT2D eigenvalue weighted by Crippen LogP contribution is -2.54. The van der Waals surface area contributed by atoms with Crippen LogP contribution < -0.4 is 5.32 Å². The van der Waals surface area contributed by atoms with E-state index in [1.807, 2.05) is 4.90 Å². The first-order chi connectivity index (χ1) is 10.1. The molecule has 0 aromatic heterocycles. The van der Waals surface area contributed by atoms with E-state index >= 15 is 0 Å². The summed E-state index contributed by atoms with van der Waals surface area (Å²) in [4.78, 5) is 25.6. The van der Waals surface area contributed by atoms with Crippen LogP contribution >= 0.6 is 0 Å². The zero-order valence-electron chi connectivity index (χ0n) is 12.8. The molecule has 2 rings (SSSR count). The van der Waals surface area contributed by atoms with Gasteiger partial charge in [-0.15, -0.1) is 0 Å². The highest BCUT2D eigenvalue weighted by Gasteiger charge is 2.42. The van der Waals surface area contributed by atoms with E-state index in [9.17, 15) is 9.59 Å². The fourth-order valence-corrected chi connectivity index (χ4v) is 3.51. The van der Waals surface area contributed by atoms with E-state index < -0.39 is 5.97 Å². The van der Waals surface area contributed by atoms with Crippen LogP contribution in [0.2, 0.25) is 0 Å². The van der Waals surface area contributed by atoms with Gasteiger partial charge in [0.05, 0.1) is 24.5 Å². The van der Waals surface area contributed by atoms with Crippen molar-refractivity contribution in [2.75, 3.05) is 32.8 Å². The second-order valence-corrected chi connectivity index (χ2v) is 6.12. The molecule has 0 aromatic carbocycles. The minimum atomic E-state index is -0.876. The number of amides is 1. The number of carboxylic acids is 1. The Bertz CT molecular complexity index is 374. The molecule has 0 radical (unpaired) electrons. The summed E-state index contributed by atoms with van der Waals surface area (Å²) in [6.45, 7) is 5.30. The van der Waals surface area contributed by atoms with Crippen LogP contribution in [0.4, 0.5) is 0 Å². The number of nitrogens with one attached hydrogen (secondary N) is 1. The molecule has 0 spiro atoms. The average Bonchev–Trinajstić information content (AvgIpc) is 2.47. The van der Waals surface area contributed by atoms with Crippen molar-refractivity contribution in [3.63, 3.8) is 0 Å². The number of hydrogen-bond acceptors (Lipinski definition) is 4. The van der Waals surface area contributed by atoms with Crippen LogP contribution in [0.1, 0.15) is 39.0 Å². The number of morpholine rings is 1. The molecule has 2 fully saturated rings. The molecule has 2 aliphatic heterocycles. The maximum absolute atomic E-state index is 13.0. The molecular formula is C15H26N2O4. The molecule has 0 aliphatic carbocycles. The minimum absolute atomic E-state index is 0.0356. The Morgan fingerprint density at radius 3 is 2.71 bits per heavy atom. The van der Waals surface area contributed by atoms with Gasteiger partial charge in [0.15, 0.2) is 0 Å². The third-order valence-corrected chi connectivity index (χ3v) is 4.57. The second-order valence-electron chi connectivity index (χ2n) is 6.12. The highest BCUT2D eigenvalue weighted by atomic mass is 16.5. The highest BCUT2D eigenvalue weighted by Crippen LogP contribution is 2.36. The van der Waals surface area contributed by atoms with Gasteiger partial charge < -0.3 is 20.1 Å². The predicted octanol–water partition coefficient (Wildman–Crippen LogP) is 0.858. The number of nitrogens with zero attached hydrogens (tertiary/aromatic N) is 1. The van der Waals surface area contributed by atoms with Crippen LogP contribution in [0.15, 0.2) is 0 Å². The number of hydrogen-bond donors (Lipinski definition) is 2. The maximum atomic E-state index is 13.0. The van der Waals surface area contributed by atoms with Gasteiger partial charge in [-0.1, -0.05) is 13.3 Å². The summed E-state index contributed by atoms with van der Waals surface area (Å²) in [5, 5.41) is 12.2. The van der Waals surface area contributed by atoms with Gasteiger partial charge in [-0.25, -0.2) is 0 Å². The van der Waals surface area contributed by atoms with Crippen LogP contribution in [-0.2, 0) is 14.3 Å². The largest absolute Gasteiger partial charge is 0.481 e. The van der Waals surface area contributed by atoms with E-state index in [0.29, 0.717) is 19.7 Å². The quantitative estimate of drug-likeness (QED) is 0.787. The molecule has 1 unspecified atom stereocenters. The summed E-state index contributed by atoms with van der Waals surface area (Å²) < 4.78 is 5.46. The second kappa shape index (κ2) is 7.22. The van der Waals surface area contributed by atoms with E-state index in [0.717, 1.165) is 38.8 Å². The highest BCUT2D eigenvalue weighted by molar-refractivity contribution is 5.83. The molecule has 0 saturated carbocycles. The fourth-order valence-electron chi connectivity index (χ4n) is 3.51. The fraction of sp³-hybridized carbons (Fsp3) is 0.867. The standard InChI is InChI=1S/C15H26N2O4/c1-2-3-15(4-6-16-7-5-15)14(20)17-8-9-21-12(11-17)10-13(18)19/h12,16H,2-11H2,1H3,(H,18,19). The van der Waals surface area contributed by atoms with Gasteiger partial charge in [0, 0.05) is 13.1 Å². The van der Waals surface area contributed by atoms with Crippen molar-refractivity contribution in [3.05, 3.63) is 0 Å². The molecule has 120 valence electrons. The first kappa shape index (κ1) is 16.2. The number of aliphatic carboxylic acids is 1. The van der Waals surface area contributed by atoms with E-state index in [4.69, 9.17) is 9.84 Å². The van der Waals surface area contributed by atoms with Crippen molar-refractivity contribution < 1.29 is 19.4 Å². The van der Waals surface area contributed by atoms with Gasteiger partial charge in [0.2, 0.25) is 5.91 Å². The number of carbonyl (C=O) groups is 2. The zero-order chi connectivity index (χ0) is 15.3. The lowest BCUT2D eigenvalue weighted by Gasteiger charge is -2.42. The molecule has 0 aromatic rings. The van der Waals surface area contributed by atoms with Crippen LogP contribution in [0.5, 0.6) is 0 Å². The number of carboxylic acid groups (broad SMARTS) is 1. The van der Waals surface area contributed by atoms with Crippen molar-refractivity contribution in [1.82, 2.24) is 10.2 Å². The van der Waals surface area contributed by atoms with Crippen molar-refractivity contribution in [2.45, 2.75) is 45.1 Å². The van der Waals surface area contributed by atoms with Crippen molar-refractivity contribution in [3.8, 4) is 0 Å². The molecule has 2 heterocycles. The molecular weight excluding hydrogens is 272 g/mol. The van der Waals surface area contributed by atoms with Crippen LogP contribution in [0, 0.1) is 5.41 Å². The van der Waals surface area contributed by atoms with Crippen molar-refractivity contribution >= 4 is 11.9 Å². The van der Waals surface area contributed by atoms with Gasteiger partial charge in [-0.2, -0.15) is 0 Å². The summed E-state index contributed by atoms with van der Waals surface area (Å²) in [5.41, 5.74) is -0.259. The lowest BCUT2D eigenvalue weighted by atomic mass is 9.74. The Hall–Kier alpha value is -1.14. The zero-order valence-corrected chi connectivity index (χ0v) is 12.8. The van der Waals surface area contributed by atoms with Gasteiger partial charge in [-0.05, 0) is 32.4 Å². The molecule has 21 heavy (non-hydrogen) atoms. The summed E-state index contributed by atoms with van der Waals surface area (Å²) >= 11 is 0. The first-order valence-corrected chi connectivity index (χ1v) is 7.91. The lowest BCUT2D eigenvalue weighted by molar-refractivity contribution is -0.155. The molecule has 1 amide bonds. The van der Waals surface area contributed by atoms with Gasteiger partial charge >= 0.3 is 5.97 Å². The third kappa shape index (κ3) is 3.95. The Labute approximate surface area is 125 Å². The van der Waals surface area contributed by atoms with Gasteiger partial charge in [0.1, 0.15) is 0 Å². The third-order valence-electron chi connectivity index (χ3n) is 4.57. The molecule has 2 N–H and O–H groups in total. The Balaban J connectivity index is 2.03. The van der Waals surface area contributed by atoms with Crippen molar-refractivity contribution in [2.24, 2.45) is 5.41 Å². The number of ether oxygens (including phenoxy) is 1. The van der Waals surface area contributed by atoms with Crippen LogP contribution in [0.3, 0.4) is 0 Å². The van der Waals surface area contributed by atoms with Gasteiger partial charge in [-0.3, -0.25) is 9.59 Å². The average molecular weight is 298 g/mol. The predicted molar refractivity (Wildman–Crippen MR) is 78.0 cm³/mol. The minimum Gasteiger partial charge on any atom is -0.481 e. The first-order valence-electron chi connectivity index (χ1n) is 7.91. The van der Waals surface area contributed by atoms with E-state index in [-0.39, 0.29) is 23.8 Å². The molecule has 2 saturated heterocycles. The number of piperidine rings is 1. The molecule has 6 heteroatoms. The summed E-state index contributed by atoms with van der Waals surface area (Å²) in [6.07, 6.45) is 3.25. The Morgan fingerprint density at radius 1 is 1.38 bits per heavy atom. The molecule has 2 aliphatic rings. The van der Waals surface area contributed by atoms with Crippen LogP contribution in [0.25, 0.3) is 0 Å². The van der Waals surface area contributed by atoms with Crippen molar-refractivity contribution in [1.29, 1.82) is 0 Å². The summed E-state index contributed by atoms with van der Waals surface area (Å²) in [6, 6.07) is 0. The SMILES string of the molecule is CCCC1(C(=O)N2CCOC(CC(=O)O)C2)CCNCC1. The normalized spacial score (nSPS) is 25.6. The summed E-state index contributed by atoms with van der Waals surface area (Å²) in [5.74, 6) is -0.677. The number of rotatable bonds is 5. The van der Waals surface area contributed by atoms with E-state index in [2.05, 4.69) is 12.2 Å².